The second kappa shape index (κ2) is 7.05. The van der Waals surface area contributed by atoms with Crippen LogP contribution < -0.4 is 10.2 Å². The molecular formula is C25H21N5O4. The molecule has 1 aliphatic carbocycles. The van der Waals surface area contributed by atoms with Crippen molar-refractivity contribution in [1.82, 2.24) is 10.1 Å². The monoisotopic (exact) mass is 455 g/mol. The summed E-state index contributed by atoms with van der Waals surface area (Å²) in [4.78, 5) is 19.0. The molecule has 3 aliphatic heterocycles. The molecule has 2 aromatic heterocycles. The maximum absolute atomic E-state index is 12.6. The Morgan fingerprint density at radius 3 is 2.76 bits per heavy atom. The quantitative estimate of drug-likeness (QED) is 0.624. The Morgan fingerprint density at radius 1 is 1.18 bits per heavy atom. The number of pyridine rings is 1. The van der Waals surface area contributed by atoms with Crippen LogP contribution in [-0.2, 0) is 21.3 Å². The summed E-state index contributed by atoms with van der Waals surface area (Å²) in [7, 11) is 0. The second-order valence-electron chi connectivity index (χ2n) is 9.34. The molecule has 0 unspecified atom stereocenters. The van der Waals surface area contributed by atoms with Crippen LogP contribution in [0.1, 0.15) is 11.3 Å². The predicted octanol–water partition coefficient (Wildman–Crippen LogP) is 3.14. The topological polar surface area (TPSA) is 114 Å². The van der Waals surface area contributed by atoms with Crippen molar-refractivity contribution in [1.29, 1.82) is 5.26 Å². The standard InChI is InChI=1S/C25H21N5O4/c26-13-25(17-11-32-12-18(17)25)22-4-2-15(9-27-22)14-1-3-19-16(7-14)8-20-21(34-24(31)30(19)20)10-28-23-5-6-33-29-23/h1-7,9,17-18,20-21H,8,10-12H2,(H,28,29)/t17-,18+,20-,21-,25+/m0/s1. The van der Waals surface area contributed by atoms with Crippen molar-refractivity contribution in [2.45, 2.75) is 24.0 Å². The first-order valence-electron chi connectivity index (χ1n) is 11.4. The summed E-state index contributed by atoms with van der Waals surface area (Å²) in [5, 5.41) is 16.8. The van der Waals surface area contributed by atoms with E-state index in [-0.39, 0.29) is 30.1 Å². The molecule has 1 aromatic carbocycles. The first-order valence-corrected chi connectivity index (χ1v) is 11.4. The van der Waals surface area contributed by atoms with Gasteiger partial charge < -0.3 is 19.3 Å². The molecule has 3 aromatic rings. The lowest BCUT2D eigenvalue weighted by atomic mass is 9.96. The second-order valence-corrected chi connectivity index (χ2v) is 9.34. The molecule has 7 rings (SSSR count). The highest BCUT2D eigenvalue weighted by atomic mass is 16.6. The molecule has 0 spiro atoms. The summed E-state index contributed by atoms with van der Waals surface area (Å²) in [6.07, 6.45) is 3.45. The molecule has 2 saturated heterocycles. The maximum Gasteiger partial charge on any atom is 0.415 e. The largest absolute Gasteiger partial charge is 0.442 e. The molecule has 5 heterocycles. The van der Waals surface area contributed by atoms with E-state index in [2.05, 4.69) is 27.6 Å². The van der Waals surface area contributed by atoms with Gasteiger partial charge in [-0.2, -0.15) is 5.26 Å². The van der Waals surface area contributed by atoms with Crippen LogP contribution in [0.5, 0.6) is 0 Å². The maximum atomic E-state index is 12.6. The van der Waals surface area contributed by atoms with E-state index in [1.54, 1.807) is 11.0 Å². The fourth-order valence-electron chi connectivity index (χ4n) is 5.91. The van der Waals surface area contributed by atoms with Crippen LogP contribution in [0, 0.1) is 23.2 Å². The van der Waals surface area contributed by atoms with E-state index in [0.29, 0.717) is 32.0 Å². The predicted molar refractivity (Wildman–Crippen MR) is 120 cm³/mol. The van der Waals surface area contributed by atoms with Crippen molar-refractivity contribution < 1.29 is 18.8 Å². The normalized spacial score (nSPS) is 30.3. The molecule has 34 heavy (non-hydrogen) atoms. The zero-order valence-corrected chi connectivity index (χ0v) is 18.2. The van der Waals surface area contributed by atoms with E-state index in [1.165, 1.54) is 6.26 Å². The lowest BCUT2D eigenvalue weighted by Gasteiger charge is -2.16. The Balaban J connectivity index is 1.11. The van der Waals surface area contributed by atoms with Crippen molar-refractivity contribution in [3.63, 3.8) is 0 Å². The number of fused-ring (bicyclic) bond motifs is 4. The number of benzene rings is 1. The summed E-state index contributed by atoms with van der Waals surface area (Å²) in [5.74, 6) is 1.13. The van der Waals surface area contributed by atoms with Gasteiger partial charge in [-0.3, -0.25) is 9.88 Å². The molecule has 0 radical (unpaired) electrons. The zero-order valence-electron chi connectivity index (χ0n) is 18.2. The van der Waals surface area contributed by atoms with Gasteiger partial charge in [-0.05, 0) is 35.7 Å². The van der Waals surface area contributed by atoms with Crippen LogP contribution in [0.3, 0.4) is 0 Å². The minimum Gasteiger partial charge on any atom is -0.442 e. The van der Waals surface area contributed by atoms with Crippen molar-refractivity contribution in [3.8, 4) is 17.2 Å². The van der Waals surface area contributed by atoms with Gasteiger partial charge in [0.25, 0.3) is 0 Å². The summed E-state index contributed by atoms with van der Waals surface area (Å²) in [5.41, 5.74) is 4.37. The number of nitrogens with zero attached hydrogens (tertiary/aromatic N) is 4. The van der Waals surface area contributed by atoms with Crippen LogP contribution in [0.15, 0.2) is 53.4 Å². The van der Waals surface area contributed by atoms with Crippen LogP contribution >= 0.6 is 0 Å². The van der Waals surface area contributed by atoms with E-state index in [0.717, 1.165) is 28.1 Å². The Labute approximate surface area is 195 Å². The third kappa shape index (κ3) is 2.66. The van der Waals surface area contributed by atoms with Crippen molar-refractivity contribution in [2.24, 2.45) is 11.8 Å². The molecule has 3 fully saturated rings. The van der Waals surface area contributed by atoms with Crippen LogP contribution in [0.2, 0.25) is 0 Å². The molecule has 1 N–H and O–H groups in total. The summed E-state index contributed by atoms with van der Waals surface area (Å²) >= 11 is 0. The summed E-state index contributed by atoms with van der Waals surface area (Å²) < 4.78 is 15.9. The average molecular weight is 455 g/mol. The van der Waals surface area contributed by atoms with Gasteiger partial charge in [-0.15, -0.1) is 0 Å². The van der Waals surface area contributed by atoms with Crippen molar-refractivity contribution in [3.05, 3.63) is 60.1 Å². The molecule has 4 aliphatic rings. The zero-order chi connectivity index (χ0) is 22.9. The van der Waals surface area contributed by atoms with Gasteiger partial charge in [0.15, 0.2) is 5.82 Å². The number of cyclic esters (lactones) is 1. The molecule has 1 amide bonds. The minimum absolute atomic E-state index is 0.0652. The van der Waals surface area contributed by atoms with E-state index >= 15 is 0 Å². The first kappa shape index (κ1) is 19.6. The lowest BCUT2D eigenvalue weighted by molar-refractivity contribution is 0.137. The van der Waals surface area contributed by atoms with Gasteiger partial charge in [-0.25, -0.2) is 4.79 Å². The average Bonchev–Trinajstić information content (AvgIpc) is 3.48. The fraction of sp³-hybridized carbons (Fsp3) is 0.360. The van der Waals surface area contributed by atoms with Crippen LogP contribution in [0.4, 0.5) is 16.3 Å². The highest BCUT2D eigenvalue weighted by molar-refractivity contribution is 5.94. The van der Waals surface area contributed by atoms with Crippen molar-refractivity contribution >= 4 is 17.6 Å². The number of nitriles is 1. The first-order chi connectivity index (χ1) is 16.7. The number of anilines is 2. The Morgan fingerprint density at radius 2 is 2.03 bits per heavy atom. The van der Waals surface area contributed by atoms with Gasteiger partial charge >= 0.3 is 6.09 Å². The SMILES string of the molecule is N#C[C@]1(c2ccc(-c3ccc4c(c3)C[C@H]3[C@H](CNc5ccon5)OC(=O)N43)cn2)[C@@H]2COC[C@@H]21. The van der Waals surface area contributed by atoms with Gasteiger partial charge in [0.2, 0.25) is 0 Å². The molecule has 9 heteroatoms. The number of rotatable bonds is 5. The molecule has 5 atom stereocenters. The number of aromatic nitrogens is 2. The Kier molecular flexibility index (Phi) is 4.05. The van der Waals surface area contributed by atoms with Crippen LogP contribution in [-0.4, -0.2) is 48.1 Å². The molecule has 0 bridgehead atoms. The van der Waals surface area contributed by atoms with Crippen molar-refractivity contribution in [2.75, 3.05) is 30.0 Å². The molecule has 170 valence electrons. The smallest absolute Gasteiger partial charge is 0.415 e. The van der Waals surface area contributed by atoms with E-state index in [4.69, 9.17) is 14.0 Å². The van der Waals surface area contributed by atoms with Gasteiger partial charge in [-0.1, -0.05) is 17.3 Å². The van der Waals surface area contributed by atoms with Gasteiger partial charge in [0, 0.05) is 29.7 Å². The van der Waals surface area contributed by atoms with Crippen LogP contribution in [0.25, 0.3) is 11.1 Å². The van der Waals surface area contributed by atoms with E-state index in [1.807, 2.05) is 30.5 Å². The number of hydrogen-bond donors (Lipinski definition) is 1. The lowest BCUT2D eigenvalue weighted by Crippen LogP contribution is -2.36. The Bertz CT molecular complexity index is 1310. The van der Waals surface area contributed by atoms with Gasteiger partial charge in [0.05, 0.1) is 43.3 Å². The number of nitrogens with one attached hydrogen (secondary N) is 1. The minimum atomic E-state index is -0.491. The highest BCUT2D eigenvalue weighted by Gasteiger charge is 2.70. The fourth-order valence-corrected chi connectivity index (χ4v) is 5.91. The molecular weight excluding hydrogens is 434 g/mol. The highest BCUT2D eigenvalue weighted by Crippen LogP contribution is 2.62. The van der Waals surface area contributed by atoms with E-state index in [9.17, 15) is 10.1 Å². The summed E-state index contributed by atoms with van der Waals surface area (Å²) in [6.45, 7) is 1.74. The number of hydrogen-bond acceptors (Lipinski definition) is 8. The van der Waals surface area contributed by atoms with E-state index < -0.39 is 5.41 Å². The molecule has 1 saturated carbocycles. The number of carbonyl (C=O) groups excluding carboxylic acids is 1. The third-order valence-corrected chi connectivity index (χ3v) is 7.75. The number of ether oxygens (including phenoxy) is 2. The van der Waals surface area contributed by atoms with Gasteiger partial charge in [0.1, 0.15) is 17.8 Å². The summed E-state index contributed by atoms with van der Waals surface area (Å²) in [6, 6.07) is 14.3. The Hall–Kier alpha value is -3.90. The third-order valence-electron chi connectivity index (χ3n) is 7.75. The number of amides is 1. The molecule has 9 nitrogen and oxygen atoms in total. The number of carbonyl (C=O) groups is 1.